The third-order valence-corrected chi connectivity index (χ3v) is 5.87. The van der Waals surface area contributed by atoms with Crippen LogP contribution in [0, 0.1) is 21.7 Å². The summed E-state index contributed by atoms with van der Waals surface area (Å²) in [7, 11) is -3.98. The lowest BCUT2D eigenvalue weighted by molar-refractivity contribution is -0.385. The summed E-state index contributed by atoms with van der Waals surface area (Å²) in [5, 5.41) is 11.0. The lowest BCUT2D eigenvalue weighted by Gasteiger charge is -2.18. The molecule has 11 heteroatoms. The van der Waals surface area contributed by atoms with Crippen LogP contribution < -0.4 is 4.74 Å². The minimum absolute atomic E-state index is 0.158. The van der Waals surface area contributed by atoms with E-state index in [1.807, 2.05) is 0 Å². The van der Waals surface area contributed by atoms with Crippen LogP contribution in [0.5, 0.6) is 5.75 Å². The molecule has 150 valence electrons. The number of nitro benzene ring substituents is 1. The smallest absolute Gasteiger partial charge is 0.346 e. The largest absolute Gasteiger partial charge is 0.415 e. The second-order valence-electron chi connectivity index (χ2n) is 5.49. The maximum atomic E-state index is 14.1. The molecule has 2 rings (SSSR count). The molecule has 0 aliphatic rings. The number of sulfonamides is 1. The van der Waals surface area contributed by atoms with Crippen LogP contribution in [0.15, 0.2) is 41.3 Å². The molecule has 0 saturated carbocycles. The van der Waals surface area contributed by atoms with E-state index in [-0.39, 0.29) is 18.0 Å². The predicted molar refractivity (Wildman–Crippen MR) is 94.5 cm³/mol. The maximum absolute atomic E-state index is 14.1. The van der Waals surface area contributed by atoms with Crippen LogP contribution in [0.3, 0.4) is 0 Å². The van der Waals surface area contributed by atoms with Crippen LogP contribution in [0.2, 0.25) is 0 Å². The Morgan fingerprint density at radius 1 is 1.14 bits per heavy atom. The highest BCUT2D eigenvalue weighted by atomic mass is 32.2. The van der Waals surface area contributed by atoms with Crippen molar-refractivity contribution in [1.29, 1.82) is 0 Å². The van der Waals surface area contributed by atoms with Gasteiger partial charge in [0, 0.05) is 25.2 Å². The number of nitrogens with zero attached hydrogens (tertiary/aromatic N) is 2. The summed E-state index contributed by atoms with van der Waals surface area (Å²) >= 11 is 0. The first-order valence-corrected chi connectivity index (χ1v) is 9.51. The number of nitro groups is 1. The van der Waals surface area contributed by atoms with Gasteiger partial charge in [0.1, 0.15) is 11.6 Å². The number of esters is 1. The zero-order chi connectivity index (χ0) is 21.1. The fraction of sp³-hybridized carbons (Fsp3) is 0.235. The highest BCUT2D eigenvalue weighted by Gasteiger charge is 2.26. The molecule has 0 radical (unpaired) electrons. The van der Waals surface area contributed by atoms with Crippen molar-refractivity contribution in [3.8, 4) is 5.75 Å². The van der Waals surface area contributed by atoms with Gasteiger partial charge in [-0.2, -0.15) is 4.31 Å². The van der Waals surface area contributed by atoms with Crippen LogP contribution in [-0.2, 0) is 10.0 Å². The topological polar surface area (TPSA) is 107 Å². The lowest BCUT2D eigenvalue weighted by atomic mass is 10.2. The molecule has 0 atom stereocenters. The van der Waals surface area contributed by atoms with Gasteiger partial charge in [-0.05, 0) is 24.3 Å². The number of carbonyl (C=O) groups is 1. The van der Waals surface area contributed by atoms with Crippen molar-refractivity contribution in [1.82, 2.24) is 4.31 Å². The number of halogens is 2. The van der Waals surface area contributed by atoms with Gasteiger partial charge in [0.05, 0.1) is 15.4 Å². The Kier molecular flexibility index (Phi) is 6.41. The molecular formula is C17H16F2N2O6S. The molecule has 0 bridgehead atoms. The first-order valence-electron chi connectivity index (χ1n) is 8.07. The molecule has 2 aromatic rings. The molecule has 8 nitrogen and oxygen atoms in total. The zero-order valence-corrected chi connectivity index (χ0v) is 15.7. The number of carbonyl (C=O) groups excluding carboxylic acids is 1. The van der Waals surface area contributed by atoms with E-state index in [0.717, 1.165) is 34.6 Å². The Morgan fingerprint density at radius 3 is 2.36 bits per heavy atom. The molecule has 2 aromatic carbocycles. The van der Waals surface area contributed by atoms with Gasteiger partial charge in [0.15, 0.2) is 0 Å². The van der Waals surface area contributed by atoms with Crippen LogP contribution in [0.25, 0.3) is 0 Å². The van der Waals surface area contributed by atoms with E-state index >= 15 is 0 Å². The molecule has 28 heavy (non-hydrogen) atoms. The number of benzene rings is 2. The average Bonchev–Trinajstić information content (AvgIpc) is 2.62. The zero-order valence-electron chi connectivity index (χ0n) is 14.9. The number of ether oxygens (including phenoxy) is 1. The summed E-state index contributed by atoms with van der Waals surface area (Å²) in [5.74, 6) is -4.14. The molecule has 0 spiro atoms. The van der Waals surface area contributed by atoms with Crippen molar-refractivity contribution in [2.75, 3.05) is 13.1 Å². The second kappa shape index (κ2) is 8.40. The molecule has 0 unspecified atom stereocenters. The fourth-order valence-electron chi connectivity index (χ4n) is 2.41. The van der Waals surface area contributed by atoms with Gasteiger partial charge in [-0.1, -0.05) is 13.8 Å². The van der Waals surface area contributed by atoms with Crippen molar-refractivity contribution >= 4 is 21.7 Å². The number of hydrogen-bond donors (Lipinski definition) is 0. The highest BCUT2D eigenvalue weighted by molar-refractivity contribution is 7.89. The Hall–Kier alpha value is -2.92. The average molecular weight is 414 g/mol. The molecule has 0 amide bonds. The van der Waals surface area contributed by atoms with Crippen molar-refractivity contribution in [3.05, 3.63) is 63.7 Å². The summed E-state index contributed by atoms with van der Waals surface area (Å²) in [6.45, 7) is 3.54. The number of hydrogen-bond acceptors (Lipinski definition) is 6. The van der Waals surface area contributed by atoms with Crippen molar-refractivity contribution < 1.29 is 31.7 Å². The van der Waals surface area contributed by atoms with Crippen molar-refractivity contribution in [3.63, 3.8) is 0 Å². The first-order chi connectivity index (χ1) is 13.1. The van der Waals surface area contributed by atoms with E-state index < -0.39 is 49.6 Å². The van der Waals surface area contributed by atoms with Gasteiger partial charge in [0.25, 0.3) is 0 Å². The van der Waals surface area contributed by atoms with Gasteiger partial charge in [0.2, 0.25) is 15.8 Å². The summed E-state index contributed by atoms with van der Waals surface area (Å²) < 4.78 is 58.4. The molecule has 0 N–H and O–H groups in total. The Balaban J connectivity index is 2.45. The van der Waals surface area contributed by atoms with Crippen molar-refractivity contribution in [2.24, 2.45) is 0 Å². The van der Waals surface area contributed by atoms with Crippen molar-refractivity contribution in [2.45, 2.75) is 18.7 Å². The monoisotopic (exact) mass is 414 g/mol. The summed E-state index contributed by atoms with van der Waals surface area (Å²) in [6, 6.07) is 4.72. The predicted octanol–water partition coefficient (Wildman–Crippen LogP) is 3.12. The molecule has 0 heterocycles. The first kappa shape index (κ1) is 21.4. The second-order valence-corrected chi connectivity index (χ2v) is 7.43. The molecule has 0 fully saturated rings. The van der Waals surface area contributed by atoms with Gasteiger partial charge >= 0.3 is 11.7 Å². The van der Waals surface area contributed by atoms with E-state index in [9.17, 15) is 32.1 Å². The van der Waals surface area contributed by atoms with Crippen LogP contribution in [-0.4, -0.2) is 36.7 Å². The SMILES string of the molecule is CCN(CC)S(=O)(=O)c1ccc(F)c(C(=O)Oc2cc(F)ccc2[N+](=O)[O-])c1. The van der Waals surface area contributed by atoms with Gasteiger partial charge < -0.3 is 4.74 Å². The molecular weight excluding hydrogens is 398 g/mol. The number of rotatable bonds is 7. The molecule has 0 saturated heterocycles. The minimum Gasteiger partial charge on any atom is -0.415 e. The third-order valence-electron chi connectivity index (χ3n) is 3.82. The van der Waals surface area contributed by atoms with Gasteiger partial charge in [-0.25, -0.2) is 22.0 Å². The summed E-state index contributed by atoms with van der Waals surface area (Å²) in [6.07, 6.45) is 0. The lowest BCUT2D eigenvalue weighted by Crippen LogP contribution is -2.30. The maximum Gasteiger partial charge on any atom is 0.346 e. The van der Waals surface area contributed by atoms with Gasteiger partial charge in [-0.15, -0.1) is 0 Å². The van der Waals surface area contributed by atoms with E-state index in [1.165, 1.54) is 0 Å². The van der Waals surface area contributed by atoms with Crippen LogP contribution in [0.1, 0.15) is 24.2 Å². The van der Waals surface area contributed by atoms with E-state index in [4.69, 9.17) is 4.74 Å². The minimum atomic E-state index is -3.98. The van der Waals surface area contributed by atoms with E-state index in [1.54, 1.807) is 13.8 Å². The van der Waals surface area contributed by atoms with E-state index in [0.29, 0.717) is 6.07 Å². The van der Waals surface area contributed by atoms with E-state index in [2.05, 4.69) is 0 Å². The van der Waals surface area contributed by atoms with Gasteiger partial charge in [-0.3, -0.25) is 10.1 Å². The quantitative estimate of drug-likeness (QED) is 0.298. The summed E-state index contributed by atoms with van der Waals surface area (Å²) in [5.41, 5.74) is -1.46. The van der Waals surface area contributed by atoms with Crippen LogP contribution >= 0.6 is 0 Å². The Bertz CT molecular complexity index is 1020. The fourth-order valence-corrected chi connectivity index (χ4v) is 3.89. The highest BCUT2D eigenvalue weighted by Crippen LogP contribution is 2.29. The molecule has 0 aliphatic heterocycles. The molecule has 0 aliphatic carbocycles. The Labute approximate surface area is 159 Å². The Morgan fingerprint density at radius 2 is 1.79 bits per heavy atom. The normalized spacial score (nSPS) is 11.5. The molecule has 0 aromatic heterocycles. The third kappa shape index (κ3) is 4.31. The standard InChI is InChI=1S/C17H16F2N2O6S/c1-3-20(4-2)28(25,26)12-6-7-14(19)13(10-12)17(22)27-16-9-11(18)5-8-15(16)21(23)24/h5-10H,3-4H2,1-2H3. The summed E-state index contributed by atoms with van der Waals surface area (Å²) in [4.78, 5) is 22.0. The van der Waals surface area contributed by atoms with Crippen LogP contribution in [0.4, 0.5) is 14.5 Å².